The molecule has 7 heteroatoms. The van der Waals surface area contributed by atoms with Gasteiger partial charge in [0.25, 0.3) is 0 Å². The maximum Gasteiger partial charge on any atom is 0.315 e. The molecular formula is C14H22N4O3. The minimum Gasteiger partial charge on any atom is -0.481 e. The second-order valence-corrected chi connectivity index (χ2v) is 5.77. The summed E-state index contributed by atoms with van der Waals surface area (Å²) in [5.74, 6) is -0.794. The molecule has 1 aromatic rings. The normalized spacial score (nSPS) is 17.1. The number of aromatic nitrogens is 2. The largest absolute Gasteiger partial charge is 0.481 e. The molecule has 0 atom stereocenters. The van der Waals surface area contributed by atoms with E-state index in [1.807, 2.05) is 0 Å². The first-order valence-electron chi connectivity index (χ1n) is 7.31. The molecule has 1 fully saturated rings. The summed E-state index contributed by atoms with van der Waals surface area (Å²) in [6, 6.07) is -0.272. The van der Waals surface area contributed by atoms with Crippen molar-refractivity contribution in [2.24, 2.45) is 5.41 Å². The molecule has 0 spiro atoms. The zero-order valence-electron chi connectivity index (χ0n) is 12.0. The number of aliphatic carboxylic acids is 1. The highest BCUT2D eigenvalue weighted by Gasteiger charge is 2.34. The van der Waals surface area contributed by atoms with Crippen LogP contribution in [0.3, 0.4) is 0 Å². The molecule has 2 amide bonds. The van der Waals surface area contributed by atoms with E-state index < -0.39 is 5.97 Å². The number of carboxylic acids is 1. The first kappa shape index (κ1) is 15.3. The van der Waals surface area contributed by atoms with Gasteiger partial charge in [0.1, 0.15) is 0 Å². The molecule has 0 saturated heterocycles. The Morgan fingerprint density at radius 1 is 1.29 bits per heavy atom. The predicted molar refractivity (Wildman–Crippen MR) is 76.6 cm³/mol. The molecular weight excluding hydrogens is 272 g/mol. The van der Waals surface area contributed by atoms with Crippen LogP contribution in [0.5, 0.6) is 0 Å². The number of carbonyl (C=O) groups excluding carboxylic acids is 1. The number of carbonyl (C=O) groups is 2. The van der Waals surface area contributed by atoms with Crippen molar-refractivity contribution in [3.05, 3.63) is 18.0 Å². The van der Waals surface area contributed by atoms with Gasteiger partial charge in [0, 0.05) is 24.8 Å². The number of aromatic amines is 1. The molecule has 0 aromatic carbocycles. The second-order valence-electron chi connectivity index (χ2n) is 5.77. The number of hydrogen-bond donors (Lipinski definition) is 4. The molecule has 0 bridgehead atoms. The Labute approximate surface area is 123 Å². The van der Waals surface area contributed by atoms with E-state index in [1.54, 1.807) is 12.4 Å². The van der Waals surface area contributed by atoms with Crippen LogP contribution in [0.1, 0.15) is 44.1 Å². The van der Waals surface area contributed by atoms with Gasteiger partial charge in [-0.2, -0.15) is 5.10 Å². The highest BCUT2D eigenvalue weighted by atomic mass is 16.4. The number of hydrogen-bond acceptors (Lipinski definition) is 3. The molecule has 2 rings (SSSR count). The summed E-state index contributed by atoms with van der Waals surface area (Å²) < 4.78 is 0. The van der Waals surface area contributed by atoms with Crippen molar-refractivity contribution in [2.75, 3.05) is 6.54 Å². The quantitative estimate of drug-likeness (QED) is 0.639. The Hall–Kier alpha value is -2.05. The molecule has 21 heavy (non-hydrogen) atoms. The van der Waals surface area contributed by atoms with Gasteiger partial charge in [0.2, 0.25) is 0 Å². The van der Waals surface area contributed by atoms with Crippen LogP contribution in [-0.4, -0.2) is 33.8 Å². The molecule has 1 heterocycles. The van der Waals surface area contributed by atoms with Crippen molar-refractivity contribution < 1.29 is 14.7 Å². The highest BCUT2D eigenvalue weighted by Crippen LogP contribution is 2.38. The van der Waals surface area contributed by atoms with E-state index in [0.717, 1.165) is 37.7 Å². The van der Waals surface area contributed by atoms with E-state index in [0.29, 0.717) is 13.1 Å². The number of nitrogens with zero attached hydrogens (tertiary/aromatic N) is 1. The third-order valence-electron chi connectivity index (χ3n) is 4.07. The van der Waals surface area contributed by atoms with Crippen LogP contribution in [0.2, 0.25) is 0 Å². The van der Waals surface area contributed by atoms with Crippen molar-refractivity contribution in [1.82, 2.24) is 20.8 Å². The first-order valence-corrected chi connectivity index (χ1v) is 7.31. The van der Waals surface area contributed by atoms with E-state index in [2.05, 4.69) is 20.8 Å². The van der Waals surface area contributed by atoms with Crippen LogP contribution in [0, 0.1) is 5.41 Å². The standard InChI is InChI=1S/C14H22N4O3/c19-12(20)6-14(4-2-1-3-5-14)10-16-13(21)15-7-11-8-17-18-9-11/h8-9H,1-7,10H2,(H,17,18)(H,19,20)(H2,15,16,21). The highest BCUT2D eigenvalue weighted by molar-refractivity contribution is 5.74. The number of urea groups is 1. The molecule has 0 radical (unpaired) electrons. The Bertz CT molecular complexity index is 467. The summed E-state index contributed by atoms with van der Waals surface area (Å²) in [4.78, 5) is 22.9. The van der Waals surface area contributed by atoms with Gasteiger partial charge in [-0.3, -0.25) is 9.89 Å². The predicted octanol–water partition coefficient (Wildman–Crippen LogP) is 1.63. The molecule has 4 N–H and O–H groups in total. The Kier molecular flexibility index (Phi) is 5.19. The van der Waals surface area contributed by atoms with Crippen LogP contribution in [-0.2, 0) is 11.3 Å². The Morgan fingerprint density at radius 3 is 2.67 bits per heavy atom. The fourth-order valence-electron chi connectivity index (χ4n) is 2.93. The van der Waals surface area contributed by atoms with Crippen molar-refractivity contribution in [3.8, 4) is 0 Å². The zero-order chi connectivity index (χ0) is 15.1. The minimum atomic E-state index is -0.794. The maximum atomic E-state index is 11.8. The number of H-pyrrole nitrogens is 1. The van der Waals surface area contributed by atoms with E-state index in [1.165, 1.54) is 0 Å². The first-order chi connectivity index (χ1) is 10.1. The van der Waals surface area contributed by atoms with Gasteiger partial charge in [0.05, 0.1) is 12.6 Å². The summed E-state index contributed by atoms with van der Waals surface area (Å²) in [5.41, 5.74) is 0.597. The van der Waals surface area contributed by atoms with Crippen LogP contribution in [0.4, 0.5) is 4.79 Å². The monoisotopic (exact) mass is 294 g/mol. The average molecular weight is 294 g/mol. The van der Waals surface area contributed by atoms with E-state index in [4.69, 9.17) is 5.11 Å². The summed E-state index contributed by atoms with van der Waals surface area (Å²) in [6.07, 6.45) is 8.42. The fourth-order valence-corrected chi connectivity index (χ4v) is 2.93. The lowest BCUT2D eigenvalue weighted by molar-refractivity contribution is -0.140. The van der Waals surface area contributed by atoms with Gasteiger partial charge in [0.15, 0.2) is 0 Å². The van der Waals surface area contributed by atoms with Crippen molar-refractivity contribution >= 4 is 12.0 Å². The van der Waals surface area contributed by atoms with Gasteiger partial charge in [-0.25, -0.2) is 4.79 Å². The Morgan fingerprint density at radius 2 is 2.05 bits per heavy atom. The zero-order valence-corrected chi connectivity index (χ0v) is 12.0. The number of rotatable bonds is 6. The lowest BCUT2D eigenvalue weighted by atomic mass is 9.72. The third-order valence-corrected chi connectivity index (χ3v) is 4.07. The van der Waals surface area contributed by atoms with Gasteiger partial charge in [-0.05, 0) is 18.3 Å². The average Bonchev–Trinajstić information content (AvgIpc) is 2.96. The van der Waals surface area contributed by atoms with Crippen LogP contribution in [0.15, 0.2) is 12.4 Å². The van der Waals surface area contributed by atoms with Crippen molar-refractivity contribution in [2.45, 2.75) is 45.1 Å². The smallest absolute Gasteiger partial charge is 0.315 e. The number of amides is 2. The van der Waals surface area contributed by atoms with Crippen LogP contribution < -0.4 is 10.6 Å². The molecule has 1 aliphatic rings. The van der Waals surface area contributed by atoms with Crippen molar-refractivity contribution in [1.29, 1.82) is 0 Å². The van der Waals surface area contributed by atoms with Gasteiger partial charge < -0.3 is 15.7 Å². The second kappa shape index (κ2) is 7.10. The summed E-state index contributed by atoms with van der Waals surface area (Å²) in [7, 11) is 0. The molecule has 116 valence electrons. The SMILES string of the molecule is O=C(O)CC1(CNC(=O)NCc2cn[nH]c2)CCCCC1. The molecule has 1 aromatic heterocycles. The molecule has 1 saturated carbocycles. The Balaban J connectivity index is 1.80. The fraction of sp³-hybridized carbons (Fsp3) is 0.643. The molecule has 0 unspecified atom stereocenters. The molecule has 7 nitrogen and oxygen atoms in total. The van der Waals surface area contributed by atoms with Crippen LogP contribution in [0.25, 0.3) is 0 Å². The minimum absolute atomic E-state index is 0.120. The topological polar surface area (TPSA) is 107 Å². The van der Waals surface area contributed by atoms with E-state index in [9.17, 15) is 9.59 Å². The maximum absolute atomic E-state index is 11.8. The molecule has 0 aliphatic heterocycles. The lowest BCUT2D eigenvalue weighted by Gasteiger charge is -2.36. The lowest BCUT2D eigenvalue weighted by Crippen LogP contribution is -2.44. The van der Waals surface area contributed by atoms with Gasteiger partial charge in [-0.1, -0.05) is 19.3 Å². The van der Waals surface area contributed by atoms with Gasteiger partial charge in [-0.15, -0.1) is 0 Å². The van der Waals surface area contributed by atoms with Crippen LogP contribution >= 0.6 is 0 Å². The van der Waals surface area contributed by atoms with Crippen molar-refractivity contribution in [3.63, 3.8) is 0 Å². The number of nitrogens with one attached hydrogen (secondary N) is 3. The number of carboxylic acid groups (broad SMARTS) is 1. The summed E-state index contributed by atoms with van der Waals surface area (Å²) in [5, 5.41) is 21.1. The summed E-state index contributed by atoms with van der Waals surface area (Å²) >= 11 is 0. The van der Waals surface area contributed by atoms with E-state index in [-0.39, 0.29) is 17.9 Å². The van der Waals surface area contributed by atoms with E-state index >= 15 is 0 Å². The molecule has 1 aliphatic carbocycles. The summed E-state index contributed by atoms with van der Waals surface area (Å²) in [6.45, 7) is 0.810. The third kappa shape index (κ3) is 4.77. The van der Waals surface area contributed by atoms with Gasteiger partial charge >= 0.3 is 12.0 Å².